The number of hydrogen-bond donors (Lipinski definition) is 2. The highest BCUT2D eigenvalue weighted by molar-refractivity contribution is 6.89. The van der Waals surface area contributed by atoms with E-state index in [-0.39, 0.29) is 5.91 Å². The van der Waals surface area contributed by atoms with Gasteiger partial charge in [-0.25, -0.2) is 4.68 Å². The predicted octanol–water partition coefficient (Wildman–Crippen LogP) is 2.98. The Kier molecular flexibility index (Phi) is 4.48. The quantitative estimate of drug-likeness (QED) is 0.488. The van der Waals surface area contributed by atoms with Gasteiger partial charge in [0.15, 0.2) is 5.69 Å². The molecule has 1 aliphatic rings. The molecule has 0 saturated carbocycles. The van der Waals surface area contributed by atoms with Gasteiger partial charge in [-0.15, -0.1) is 0 Å². The maximum absolute atomic E-state index is 12.8. The second-order valence-corrected chi connectivity index (χ2v) is 13.0. The molecule has 1 amide bonds. The second-order valence-electron chi connectivity index (χ2n) is 8.15. The van der Waals surface area contributed by atoms with Gasteiger partial charge in [-0.2, -0.15) is 10.2 Å². The lowest BCUT2D eigenvalue weighted by molar-refractivity contribution is 0.0810. The van der Waals surface area contributed by atoms with Gasteiger partial charge >= 0.3 is 0 Å². The van der Waals surface area contributed by atoms with Crippen LogP contribution < -0.4 is 10.5 Å². The smallest absolute Gasteiger partial charge is 0.276 e. The fourth-order valence-corrected chi connectivity index (χ4v) is 5.63. The molecule has 1 aliphatic heterocycles. The Morgan fingerprint density at radius 3 is 2.93 bits per heavy atom. The van der Waals surface area contributed by atoms with E-state index in [0.717, 1.165) is 28.1 Å². The number of nitrogens with zero attached hydrogens (tertiary/aromatic N) is 4. The molecule has 2 N–H and O–H groups in total. The number of carbonyl (C=O) groups is 1. The van der Waals surface area contributed by atoms with Gasteiger partial charge in [0.05, 0.1) is 25.5 Å². The maximum Gasteiger partial charge on any atom is 0.276 e. The first-order valence-electron chi connectivity index (χ1n) is 9.86. The number of aromatic nitrogens is 5. The van der Waals surface area contributed by atoms with Crippen LogP contribution in [0, 0.1) is 0 Å². The SMILES string of the molecule is C[Si]1(C)CCOCn2nc(C(=O)Nc3cn[nH]c3)c3ccc(cc32)-c2cncc1c2. The zero-order valence-electron chi connectivity index (χ0n) is 16.8. The molecule has 5 rings (SSSR count). The van der Waals surface area contributed by atoms with Gasteiger partial charge in [-0.3, -0.25) is 14.9 Å². The zero-order chi connectivity index (χ0) is 20.7. The summed E-state index contributed by atoms with van der Waals surface area (Å²) < 4.78 is 7.73. The largest absolute Gasteiger partial charge is 0.360 e. The Morgan fingerprint density at radius 2 is 2.10 bits per heavy atom. The van der Waals surface area contributed by atoms with Gasteiger partial charge < -0.3 is 10.1 Å². The van der Waals surface area contributed by atoms with Crippen molar-refractivity contribution >= 4 is 35.8 Å². The van der Waals surface area contributed by atoms with Gasteiger partial charge in [-0.05, 0) is 34.5 Å². The monoisotopic (exact) mass is 418 g/mol. The first-order valence-corrected chi connectivity index (χ1v) is 13.1. The molecule has 0 unspecified atom stereocenters. The summed E-state index contributed by atoms with van der Waals surface area (Å²) in [5, 5.41) is 16.0. The Labute approximate surface area is 174 Å². The van der Waals surface area contributed by atoms with Crippen LogP contribution in [0.4, 0.5) is 5.69 Å². The minimum Gasteiger partial charge on any atom is -0.360 e. The third-order valence-corrected chi connectivity index (χ3v) is 8.95. The highest BCUT2D eigenvalue weighted by Crippen LogP contribution is 2.27. The molecule has 0 radical (unpaired) electrons. The average Bonchev–Trinajstić information content (AvgIpc) is 3.38. The Bertz CT molecular complexity index is 1230. The predicted molar refractivity (Wildman–Crippen MR) is 117 cm³/mol. The molecule has 9 heteroatoms. The lowest BCUT2D eigenvalue weighted by Crippen LogP contribution is -2.42. The van der Waals surface area contributed by atoms with Crippen molar-refractivity contribution in [3.05, 3.63) is 54.7 Å². The molecule has 0 fully saturated rings. The number of amides is 1. The van der Waals surface area contributed by atoms with Crippen molar-refractivity contribution < 1.29 is 9.53 Å². The van der Waals surface area contributed by atoms with Crippen molar-refractivity contribution in [3.8, 4) is 11.1 Å². The number of nitrogens with one attached hydrogen (secondary N) is 2. The molecule has 0 aliphatic carbocycles. The summed E-state index contributed by atoms with van der Waals surface area (Å²) in [6.07, 6.45) is 7.06. The van der Waals surface area contributed by atoms with Crippen molar-refractivity contribution in [2.45, 2.75) is 25.9 Å². The number of fused-ring (bicyclic) bond motifs is 4. The molecular weight excluding hydrogens is 396 g/mol. The van der Waals surface area contributed by atoms with Crippen LogP contribution in [0.2, 0.25) is 19.1 Å². The number of pyridine rings is 1. The van der Waals surface area contributed by atoms with E-state index < -0.39 is 8.07 Å². The number of benzene rings is 1. The third kappa shape index (κ3) is 3.31. The zero-order valence-corrected chi connectivity index (χ0v) is 17.8. The standard InChI is InChI=1S/C21H22N6O2Si/c1-30(2)6-5-29-13-27-19-8-14(15-7-17(30)12-22-9-15)3-4-18(19)20(26-27)21(28)25-16-10-23-24-11-16/h3-4,7-12H,5-6,13H2,1-2H3,(H,23,24)(H,25,28). The normalized spacial score (nSPS) is 15.5. The lowest BCUT2D eigenvalue weighted by Gasteiger charge is -2.23. The van der Waals surface area contributed by atoms with Crippen LogP contribution >= 0.6 is 0 Å². The van der Waals surface area contributed by atoms with Crippen LogP contribution in [0.1, 0.15) is 10.5 Å². The van der Waals surface area contributed by atoms with E-state index in [9.17, 15) is 4.79 Å². The van der Waals surface area contributed by atoms with Crippen molar-refractivity contribution in [2.24, 2.45) is 0 Å². The van der Waals surface area contributed by atoms with E-state index >= 15 is 0 Å². The fraction of sp³-hybridized carbons (Fsp3) is 0.238. The Morgan fingerprint density at radius 1 is 1.20 bits per heavy atom. The van der Waals surface area contributed by atoms with Gasteiger partial charge in [0, 0.05) is 30.6 Å². The maximum atomic E-state index is 12.8. The molecule has 0 spiro atoms. The van der Waals surface area contributed by atoms with Gasteiger partial charge in [0.2, 0.25) is 0 Å². The number of anilines is 1. The van der Waals surface area contributed by atoms with Crippen molar-refractivity contribution in [2.75, 3.05) is 11.9 Å². The van der Waals surface area contributed by atoms with E-state index in [1.807, 2.05) is 24.5 Å². The first kappa shape index (κ1) is 18.7. The second kappa shape index (κ2) is 7.19. The van der Waals surface area contributed by atoms with Crippen LogP contribution in [0.5, 0.6) is 0 Å². The van der Waals surface area contributed by atoms with Crippen molar-refractivity contribution in [1.82, 2.24) is 25.0 Å². The van der Waals surface area contributed by atoms with E-state index in [4.69, 9.17) is 4.74 Å². The third-order valence-electron chi connectivity index (χ3n) is 5.66. The average molecular weight is 419 g/mol. The van der Waals surface area contributed by atoms with Crippen LogP contribution in [0.3, 0.4) is 0 Å². The number of aromatic amines is 1. The highest BCUT2D eigenvalue weighted by Gasteiger charge is 2.25. The number of carbonyl (C=O) groups excluding carboxylic acids is 1. The van der Waals surface area contributed by atoms with E-state index in [1.54, 1.807) is 17.1 Å². The molecule has 0 saturated heterocycles. The van der Waals surface area contributed by atoms with Crippen LogP contribution in [0.15, 0.2) is 49.1 Å². The minimum atomic E-state index is -1.66. The van der Waals surface area contributed by atoms with Crippen LogP contribution in [-0.4, -0.2) is 45.5 Å². The van der Waals surface area contributed by atoms with Crippen molar-refractivity contribution in [1.29, 1.82) is 0 Å². The summed E-state index contributed by atoms with van der Waals surface area (Å²) in [6, 6.07) is 9.25. The summed E-state index contributed by atoms with van der Waals surface area (Å²) in [5.74, 6) is -0.283. The summed E-state index contributed by atoms with van der Waals surface area (Å²) in [5.41, 5.74) is 3.93. The van der Waals surface area contributed by atoms with Crippen molar-refractivity contribution in [3.63, 3.8) is 0 Å². The molecule has 30 heavy (non-hydrogen) atoms. The summed E-state index contributed by atoms with van der Waals surface area (Å²) in [6.45, 7) is 5.62. The Hall–Kier alpha value is -3.30. The van der Waals surface area contributed by atoms with E-state index in [0.29, 0.717) is 24.7 Å². The topological polar surface area (TPSA) is 97.7 Å². The first-order chi connectivity index (χ1) is 14.5. The molecule has 4 heterocycles. The minimum absolute atomic E-state index is 0.283. The van der Waals surface area contributed by atoms with E-state index in [1.165, 1.54) is 5.19 Å². The van der Waals surface area contributed by atoms with Crippen LogP contribution in [0.25, 0.3) is 22.0 Å². The van der Waals surface area contributed by atoms with Gasteiger partial charge in [0.1, 0.15) is 6.73 Å². The summed E-state index contributed by atoms with van der Waals surface area (Å²) >= 11 is 0. The van der Waals surface area contributed by atoms with Gasteiger partial charge in [0.25, 0.3) is 5.91 Å². The molecule has 4 bridgehead atoms. The molecular formula is C21H22N6O2Si. The molecule has 3 aromatic heterocycles. The number of ether oxygens (including phenoxy) is 1. The summed E-state index contributed by atoms with van der Waals surface area (Å²) in [7, 11) is -1.66. The highest BCUT2D eigenvalue weighted by atomic mass is 28.3. The molecule has 0 atom stereocenters. The lowest BCUT2D eigenvalue weighted by atomic mass is 10.1. The number of H-pyrrole nitrogens is 1. The molecule has 4 aromatic rings. The molecule has 8 nitrogen and oxygen atoms in total. The Balaban J connectivity index is 1.62. The fourth-order valence-electron chi connectivity index (χ4n) is 3.72. The van der Waals surface area contributed by atoms with E-state index in [2.05, 4.69) is 50.8 Å². The number of hydrogen-bond acceptors (Lipinski definition) is 5. The van der Waals surface area contributed by atoms with Crippen LogP contribution in [-0.2, 0) is 11.5 Å². The summed E-state index contributed by atoms with van der Waals surface area (Å²) in [4.78, 5) is 17.3. The molecule has 1 aromatic carbocycles. The number of rotatable bonds is 2. The van der Waals surface area contributed by atoms with Gasteiger partial charge in [-0.1, -0.05) is 25.2 Å². The molecule has 152 valence electrons.